The number of primary amides is 1. The number of carbonyl (C=O) groups excluding carboxylic acids is 3. The van der Waals surface area contributed by atoms with Crippen LogP contribution in [-0.4, -0.2) is 36.1 Å². The van der Waals surface area contributed by atoms with Gasteiger partial charge in [-0.2, -0.15) is 0 Å². The maximum Gasteiger partial charge on any atom is 0.328 e. The molecule has 0 aliphatic heterocycles. The van der Waals surface area contributed by atoms with Crippen molar-refractivity contribution in [3.63, 3.8) is 0 Å². The van der Waals surface area contributed by atoms with Crippen LogP contribution in [0, 0.1) is 17.8 Å². The van der Waals surface area contributed by atoms with Gasteiger partial charge in [0.2, 0.25) is 0 Å². The third kappa shape index (κ3) is 3.59. The van der Waals surface area contributed by atoms with Gasteiger partial charge in [0.15, 0.2) is 6.61 Å². The average Bonchev–Trinajstić information content (AvgIpc) is 2.41. The Labute approximate surface area is 135 Å². The van der Waals surface area contributed by atoms with E-state index in [1.54, 1.807) is 0 Å². The van der Waals surface area contributed by atoms with Gasteiger partial charge in [-0.3, -0.25) is 4.79 Å². The Hall–Kier alpha value is -1.79. The fourth-order valence-electron chi connectivity index (χ4n) is 5.13. The molecule has 0 spiro atoms. The predicted molar refractivity (Wildman–Crippen MR) is 82.2 cm³/mol. The summed E-state index contributed by atoms with van der Waals surface area (Å²) >= 11 is 0. The molecule has 0 heterocycles. The lowest BCUT2D eigenvalue weighted by Crippen LogP contribution is -2.60. The Balaban J connectivity index is 1.48. The third-order valence-corrected chi connectivity index (χ3v) is 5.50. The van der Waals surface area contributed by atoms with Gasteiger partial charge < -0.3 is 21.1 Å². The summed E-state index contributed by atoms with van der Waals surface area (Å²) in [4.78, 5) is 34.5. The molecule has 0 radical (unpaired) electrons. The number of nitrogens with one attached hydrogen (secondary N) is 2. The largest absolute Gasteiger partial charge is 0.454 e. The summed E-state index contributed by atoms with van der Waals surface area (Å²) in [6, 6.07) is -1.66. The fraction of sp³-hybridized carbons (Fsp3) is 0.812. The maximum absolute atomic E-state index is 12.2. The van der Waals surface area contributed by atoms with Gasteiger partial charge in [0.05, 0.1) is 0 Å². The van der Waals surface area contributed by atoms with Crippen LogP contribution in [-0.2, 0) is 14.3 Å². The summed E-state index contributed by atoms with van der Waals surface area (Å²) in [7, 11) is 0. The lowest BCUT2D eigenvalue weighted by molar-refractivity contribution is -0.151. The second kappa shape index (κ2) is 6.02. The predicted octanol–water partition coefficient (Wildman–Crippen LogP) is 0.671. The van der Waals surface area contributed by atoms with Gasteiger partial charge in [0.1, 0.15) is 6.04 Å². The lowest BCUT2D eigenvalue weighted by Gasteiger charge is -2.56. The zero-order valence-electron chi connectivity index (χ0n) is 13.5. The lowest BCUT2D eigenvalue weighted by atomic mass is 9.53. The summed E-state index contributed by atoms with van der Waals surface area (Å²) < 4.78 is 4.96. The SMILES string of the molecule is CC(NC(N)=O)C(=O)OCC(=O)NC12CC3CC(CC(C3)C1)C2. The van der Waals surface area contributed by atoms with E-state index in [0.717, 1.165) is 37.0 Å². The van der Waals surface area contributed by atoms with E-state index in [2.05, 4.69) is 10.6 Å². The molecule has 4 fully saturated rings. The number of carbonyl (C=O) groups is 3. The first-order valence-electron chi connectivity index (χ1n) is 8.39. The molecule has 4 saturated carbocycles. The van der Waals surface area contributed by atoms with Gasteiger partial charge in [0.25, 0.3) is 5.91 Å². The summed E-state index contributed by atoms with van der Waals surface area (Å²) in [5.41, 5.74) is 4.86. The first-order valence-corrected chi connectivity index (χ1v) is 8.39. The molecule has 4 aliphatic carbocycles. The van der Waals surface area contributed by atoms with Crippen LogP contribution in [0.2, 0.25) is 0 Å². The van der Waals surface area contributed by atoms with Crippen molar-refractivity contribution in [3.05, 3.63) is 0 Å². The number of nitrogens with two attached hydrogens (primary N) is 1. The summed E-state index contributed by atoms with van der Waals surface area (Å²) in [6.45, 7) is 1.15. The van der Waals surface area contributed by atoms with Gasteiger partial charge in [-0.1, -0.05) is 0 Å². The first kappa shape index (κ1) is 16.1. The molecule has 4 bridgehead atoms. The van der Waals surface area contributed by atoms with E-state index in [9.17, 15) is 14.4 Å². The molecule has 4 N–H and O–H groups in total. The van der Waals surface area contributed by atoms with Crippen molar-refractivity contribution in [2.75, 3.05) is 6.61 Å². The molecular weight excluding hydrogens is 298 g/mol. The number of ether oxygens (including phenoxy) is 1. The minimum atomic E-state index is -0.861. The van der Waals surface area contributed by atoms with Crippen molar-refractivity contribution in [1.82, 2.24) is 10.6 Å². The zero-order chi connectivity index (χ0) is 16.6. The second-order valence-corrected chi connectivity index (χ2v) is 7.58. The van der Waals surface area contributed by atoms with Crippen LogP contribution in [0.3, 0.4) is 0 Å². The molecule has 0 aromatic carbocycles. The van der Waals surface area contributed by atoms with Crippen molar-refractivity contribution >= 4 is 17.9 Å². The van der Waals surface area contributed by atoms with Gasteiger partial charge in [0, 0.05) is 5.54 Å². The van der Waals surface area contributed by atoms with Crippen LogP contribution in [0.15, 0.2) is 0 Å². The fourth-order valence-corrected chi connectivity index (χ4v) is 5.13. The van der Waals surface area contributed by atoms with E-state index in [4.69, 9.17) is 10.5 Å². The summed E-state index contributed by atoms with van der Waals surface area (Å²) in [5.74, 6) is 1.30. The van der Waals surface area contributed by atoms with Crippen LogP contribution in [0.1, 0.15) is 45.4 Å². The summed E-state index contributed by atoms with van der Waals surface area (Å²) in [6.07, 6.45) is 7.08. The molecule has 4 rings (SSSR count). The molecular formula is C16H25N3O4. The highest BCUT2D eigenvalue weighted by molar-refractivity contribution is 5.85. The van der Waals surface area contributed by atoms with Crippen LogP contribution in [0.25, 0.3) is 0 Å². The molecule has 0 aromatic heterocycles. The average molecular weight is 323 g/mol. The topological polar surface area (TPSA) is 111 Å². The van der Waals surface area contributed by atoms with E-state index >= 15 is 0 Å². The second-order valence-electron chi connectivity index (χ2n) is 7.58. The molecule has 7 heteroatoms. The van der Waals surface area contributed by atoms with Crippen molar-refractivity contribution in [1.29, 1.82) is 0 Å². The number of amides is 3. The van der Waals surface area contributed by atoms with Crippen LogP contribution < -0.4 is 16.4 Å². The van der Waals surface area contributed by atoms with Crippen LogP contribution in [0.5, 0.6) is 0 Å². The highest BCUT2D eigenvalue weighted by atomic mass is 16.5. The minimum Gasteiger partial charge on any atom is -0.454 e. The normalized spacial score (nSPS) is 35.4. The zero-order valence-corrected chi connectivity index (χ0v) is 13.5. The van der Waals surface area contributed by atoms with Gasteiger partial charge in [-0.25, -0.2) is 9.59 Å². The molecule has 128 valence electrons. The van der Waals surface area contributed by atoms with E-state index in [1.807, 2.05) is 0 Å². The molecule has 23 heavy (non-hydrogen) atoms. The monoisotopic (exact) mass is 323 g/mol. The van der Waals surface area contributed by atoms with Crippen molar-refractivity contribution in [3.8, 4) is 0 Å². The van der Waals surface area contributed by atoms with Crippen molar-refractivity contribution in [2.45, 2.75) is 57.0 Å². The smallest absolute Gasteiger partial charge is 0.328 e. The molecule has 3 amide bonds. The minimum absolute atomic E-state index is 0.0880. The van der Waals surface area contributed by atoms with E-state index in [1.165, 1.54) is 26.2 Å². The Morgan fingerprint density at radius 2 is 1.65 bits per heavy atom. The maximum atomic E-state index is 12.2. The Morgan fingerprint density at radius 1 is 1.13 bits per heavy atom. The number of esters is 1. The molecule has 0 aromatic rings. The quantitative estimate of drug-likeness (QED) is 0.646. The highest BCUT2D eigenvalue weighted by Crippen LogP contribution is 2.55. The Bertz CT molecular complexity index is 484. The molecule has 7 nitrogen and oxygen atoms in total. The van der Waals surface area contributed by atoms with Crippen molar-refractivity contribution in [2.24, 2.45) is 23.5 Å². The number of rotatable bonds is 5. The standard InChI is InChI=1S/C16H25N3O4/c1-9(18-15(17)22)14(21)23-8-13(20)19-16-5-10-2-11(6-16)4-12(3-10)7-16/h9-12H,2-8H2,1H3,(H,19,20)(H3,17,18,22). The van der Waals surface area contributed by atoms with Crippen molar-refractivity contribution < 1.29 is 19.1 Å². The summed E-state index contributed by atoms with van der Waals surface area (Å²) in [5, 5.41) is 5.36. The molecule has 1 unspecified atom stereocenters. The van der Waals surface area contributed by atoms with E-state index < -0.39 is 18.0 Å². The molecule has 4 aliphatic rings. The molecule has 1 atom stereocenters. The number of urea groups is 1. The Kier molecular flexibility index (Phi) is 4.21. The van der Waals surface area contributed by atoms with E-state index in [-0.39, 0.29) is 18.1 Å². The first-order chi connectivity index (χ1) is 10.8. The number of hydrogen-bond acceptors (Lipinski definition) is 4. The van der Waals surface area contributed by atoms with Crippen LogP contribution in [0.4, 0.5) is 4.79 Å². The Morgan fingerprint density at radius 3 is 2.13 bits per heavy atom. The van der Waals surface area contributed by atoms with Gasteiger partial charge >= 0.3 is 12.0 Å². The highest BCUT2D eigenvalue weighted by Gasteiger charge is 2.51. The van der Waals surface area contributed by atoms with Gasteiger partial charge in [-0.15, -0.1) is 0 Å². The third-order valence-electron chi connectivity index (χ3n) is 5.50. The van der Waals surface area contributed by atoms with Crippen LogP contribution >= 0.6 is 0 Å². The van der Waals surface area contributed by atoms with Gasteiger partial charge in [-0.05, 0) is 63.2 Å². The number of hydrogen-bond donors (Lipinski definition) is 3. The molecule has 0 saturated heterocycles. The van der Waals surface area contributed by atoms with E-state index in [0.29, 0.717) is 0 Å².